The van der Waals surface area contributed by atoms with Crippen molar-refractivity contribution in [3.8, 4) is 11.5 Å². The molecule has 1 aromatic heterocycles. The number of thiazole rings is 1. The first-order valence-electron chi connectivity index (χ1n) is 14.9. The fourth-order valence-electron chi connectivity index (χ4n) is 4.65. The molecule has 1 heterocycles. The molecule has 0 atom stereocenters. The zero-order chi connectivity index (χ0) is 28.4. The summed E-state index contributed by atoms with van der Waals surface area (Å²) in [7, 11) is 0. The predicted molar refractivity (Wildman–Crippen MR) is 167 cm³/mol. The zero-order valence-corrected chi connectivity index (χ0v) is 25.8. The van der Waals surface area contributed by atoms with E-state index >= 15 is 0 Å². The maximum atomic E-state index is 12.7. The molecule has 7 heteroatoms. The number of amides is 1. The van der Waals surface area contributed by atoms with Gasteiger partial charge in [0.1, 0.15) is 11.5 Å². The highest BCUT2D eigenvalue weighted by atomic mass is 35.5. The SMILES string of the molecule is CCCCCCCCCCCCCCOc1cc(OCC(=O)Nc2ccccc2C[n+]2csc(C)c2)ccc1Cl. The van der Waals surface area contributed by atoms with E-state index < -0.39 is 0 Å². The van der Waals surface area contributed by atoms with E-state index in [1.165, 1.54) is 69.1 Å². The number of hydrogen-bond acceptors (Lipinski definition) is 4. The number of para-hydroxylation sites is 1. The third-order valence-corrected chi connectivity index (χ3v) is 8.06. The van der Waals surface area contributed by atoms with Gasteiger partial charge in [0, 0.05) is 11.6 Å². The molecule has 5 nitrogen and oxygen atoms in total. The number of rotatable bonds is 20. The number of unbranched alkanes of at least 4 members (excludes halogenated alkanes) is 11. The molecular formula is C33H46ClN2O3S+. The molecule has 40 heavy (non-hydrogen) atoms. The Hall–Kier alpha value is -2.57. The van der Waals surface area contributed by atoms with Gasteiger partial charge in [0.2, 0.25) is 5.51 Å². The third-order valence-electron chi connectivity index (χ3n) is 6.89. The molecule has 0 unspecified atom stereocenters. The average Bonchev–Trinajstić information content (AvgIpc) is 3.36. The van der Waals surface area contributed by atoms with E-state index in [1.807, 2.05) is 24.3 Å². The van der Waals surface area contributed by atoms with Gasteiger partial charge in [-0.1, -0.05) is 119 Å². The lowest BCUT2D eigenvalue weighted by atomic mass is 10.1. The van der Waals surface area contributed by atoms with Gasteiger partial charge in [0.15, 0.2) is 19.3 Å². The van der Waals surface area contributed by atoms with Crippen LogP contribution in [0.15, 0.2) is 54.2 Å². The zero-order valence-electron chi connectivity index (χ0n) is 24.3. The van der Waals surface area contributed by atoms with Gasteiger partial charge in [0.05, 0.1) is 22.2 Å². The molecule has 0 fully saturated rings. The molecule has 1 amide bonds. The smallest absolute Gasteiger partial charge is 0.262 e. The Labute approximate surface area is 249 Å². The van der Waals surface area contributed by atoms with Gasteiger partial charge in [-0.25, -0.2) is 0 Å². The summed E-state index contributed by atoms with van der Waals surface area (Å²) in [6.07, 6.45) is 17.8. The van der Waals surface area contributed by atoms with E-state index in [2.05, 4.69) is 35.4 Å². The van der Waals surface area contributed by atoms with Crippen LogP contribution in [0.2, 0.25) is 5.02 Å². The maximum Gasteiger partial charge on any atom is 0.262 e. The molecule has 2 aromatic carbocycles. The van der Waals surface area contributed by atoms with Crippen molar-refractivity contribution in [3.63, 3.8) is 0 Å². The van der Waals surface area contributed by atoms with Crippen LogP contribution in [-0.4, -0.2) is 19.1 Å². The lowest BCUT2D eigenvalue weighted by Gasteiger charge is -2.12. The molecule has 218 valence electrons. The van der Waals surface area contributed by atoms with Crippen molar-refractivity contribution in [1.29, 1.82) is 0 Å². The lowest BCUT2D eigenvalue weighted by Crippen LogP contribution is -2.31. The Bertz CT molecular complexity index is 1150. The summed E-state index contributed by atoms with van der Waals surface area (Å²) >= 11 is 8.04. The number of carbonyl (C=O) groups is 1. The van der Waals surface area contributed by atoms with E-state index in [0.717, 1.165) is 24.1 Å². The van der Waals surface area contributed by atoms with Crippen molar-refractivity contribution in [2.45, 2.75) is 97.4 Å². The fourth-order valence-corrected chi connectivity index (χ4v) is 5.45. The number of aryl methyl sites for hydroxylation is 1. The van der Waals surface area contributed by atoms with Crippen molar-refractivity contribution in [1.82, 2.24) is 0 Å². The number of anilines is 1. The third kappa shape index (κ3) is 12.3. The van der Waals surface area contributed by atoms with Crippen molar-refractivity contribution in [2.75, 3.05) is 18.5 Å². The second kappa shape index (κ2) is 18.7. The van der Waals surface area contributed by atoms with E-state index in [4.69, 9.17) is 21.1 Å². The van der Waals surface area contributed by atoms with Crippen LogP contribution in [0.1, 0.15) is 94.4 Å². The number of nitrogens with zero attached hydrogens (tertiary/aromatic N) is 1. The molecule has 1 N–H and O–H groups in total. The summed E-state index contributed by atoms with van der Waals surface area (Å²) in [5.41, 5.74) is 3.91. The van der Waals surface area contributed by atoms with Crippen LogP contribution in [0.3, 0.4) is 0 Å². The summed E-state index contributed by atoms with van der Waals surface area (Å²) in [5, 5.41) is 3.53. The van der Waals surface area contributed by atoms with Crippen molar-refractivity contribution < 1.29 is 18.8 Å². The van der Waals surface area contributed by atoms with Crippen LogP contribution < -0.4 is 19.4 Å². The van der Waals surface area contributed by atoms with Crippen LogP contribution in [0.5, 0.6) is 11.5 Å². The van der Waals surface area contributed by atoms with E-state index in [1.54, 1.807) is 29.5 Å². The van der Waals surface area contributed by atoms with Gasteiger partial charge in [-0.3, -0.25) is 4.79 Å². The molecule has 0 spiro atoms. The minimum atomic E-state index is -0.215. The summed E-state index contributed by atoms with van der Waals surface area (Å²) < 4.78 is 13.8. The first-order valence-corrected chi connectivity index (χ1v) is 16.2. The molecule has 3 rings (SSSR count). The van der Waals surface area contributed by atoms with Gasteiger partial charge >= 0.3 is 0 Å². The number of nitrogens with one attached hydrogen (secondary N) is 1. The Kier molecular flexibility index (Phi) is 15.0. The minimum absolute atomic E-state index is 0.0984. The second-order valence-electron chi connectivity index (χ2n) is 10.5. The molecule has 0 aliphatic rings. The van der Waals surface area contributed by atoms with Crippen molar-refractivity contribution >= 4 is 34.5 Å². The number of aromatic nitrogens is 1. The Morgan fingerprint density at radius 3 is 2.25 bits per heavy atom. The first-order chi connectivity index (χ1) is 19.5. The molecule has 0 bridgehead atoms. The summed E-state index contributed by atoms with van der Waals surface area (Å²) in [6.45, 7) is 5.57. The Morgan fingerprint density at radius 2 is 1.57 bits per heavy atom. The quantitative estimate of drug-likeness (QED) is 0.106. The second-order valence-corrected chi connectivity index (χ2v) is 12.0. The van der Waals surface area contributed by atoms with Gasteiger partial charge in [-0.05, 0) is 31.5 Å². The number of carbonyl (C=O) groups excluding carboxylic acids is 1. The average molecular weight is 586 g/mol. The van der Waals surface area contributed by atoms with Crippen LogP contribution in [0.25, 0.3) is 0 Å². The van der Waals surface area contributed by atoms with Crippen LogP contribution in [-0.2, 0) is 11.3 Å². The minimum Gasteiger partial charge on any atom is -0.492 e. The number of ether oxygens (including phenoxy) is 2. The molecule has 0 saturated heterocycles. The first kappa shape index (κ1) is 32.0. The molecule has 0 aliphatic carbocycles. The number of halogens is 1. The highest BCUT2D eigenvalue weighted by Gasteiger charge is 2.13. The standard InChI is InChI=1S/C33H45ClN2O3S/c1-3-4-5-6-7-8-9-10-11-12-13-16-21-38-32-22-29(19-20-30(32)34)39-25-33(37)35-31-18-15-14-17-28(31)24-36-23-27(2)40-26-36/h14-15,17-20,22-23,26H,3-13,16,21,24-25H2,1-2H3/p+1. The summed E-state index contributed by atoms with van der Waals surface area (Å²) in [5.74, 6) is 0.936. The predicted octanol–water partition coefficient (Wildman–Crippen LogP) is 9.14. The molecule has 0 radical (unpaired) electrons. The Balaban J connectivity index is 1.33. The van der Waals surface area contributed by atoms with Gasteiger partial charge in [-0.2, -0.15) is 4.57 Å². The topological polar surface area (TPSA) is 51.4 Å². The van der Waals surface area contributed by atoms with E-state index in [9.17, 15) is 4.79 Å². The van der Waals surface area contributed by atoms with Crippen molar-refractivity contribution in [3.05, 3.63) is 69.6 Å². The number of hydrogen-bond donors (Lipinski definition) is 1. The van der Waals surface area contributed by atoms with E-state index in [0.29, 0.717) is 29.7 Å². The maximum absolute atomic E-state index is 12.7. The van der Waals surface area contributed by atoms with Crippen LogP contribution in [0, 0.1) is 6.92 Å². The highest BCUT2D eigenvalue weighted by molar-refractivity contribution is 7.09. The van der Waals surface area contributed by atoms with Gasteiger partial charge in [-0.15, -0.1) is 0 Å². The van der Waals surface area contributed by atoms with Crippen LogP contribution in [0.4, 0.5) is 5.69 Å². The molecule has 3 aromatic rings. The van der Waals surface area contributed by atoms with Crippen molar-refractivity contribution in [2.24, 2.45) is 0 Å². The van der Waals surface area contributed by atoms with Crippen LogP contribution >= 0.6 is 22.9 Å². The normalized spacial score (nSPS) is 11.0. The van der Waals surface area contributed by atoms with E-state index in [-0.39, 0.29) is 12.5 Å². The fraction of sp³-hybridized carbons (Fsp3) is 0.515. The Morgan fingerprint density at radius 1 is 0.900 bits per heavy atom. The summed E-state index contributed by atoms with van der Waals surface area (Å²) in [6, 6.07) is 13.1. The highest BCUT2D eigenvalue weighted by Crippen LogP contribution is 2.29. The monoisotopic (exact) mass is 585 g/mol. The molecule has 0 saturated carbocycles. The van der Waals surface area contributed by atoms with Gasteiger partial charge < -0.3 is 14.8 Å². The molecule has 0 aliphatic heterocycles. The lowest BCUT2D eigenvalue weighted by molar-refractivity contribution is -0.683. The summed E-state index contributed by atoms with van der Waals surface area (Å²) in [4.78, 5) is 13.9. The van der Waals surface area contributed by atoms with Gasteiger partial charge in [0.25, 0.3) is 5.91 Å². The number of benzene rings is 2. The molecular weight excluding hydrogens is 540 g/mol. The largest absolute Gasteiger partial charge is 0.492 e.